The van der Waals surface area contributed by atoms with Gasteiger partial charge in [-0.05, 0) is 78.6 Å². The summed E-state index contributed by atoms with van der Waals surface area (Å²) in [5.74, 6) is -0.337. The maximum absolute atomic E-state index is 13.1. The quantitative estimate of drug-likeness (QED) is 0.265. The fraction of sp³-hybridized carbons (Fsp3) is 0.103. The molecule has 0 fully saturated rings. The molecule has 5 rings (SSSR count). The van der Waals surface area contributed by atoms with Crippen LogP contribution in [-0.2, 0) is 19.0 Å². The number of rotatable bonds is 6. The Labute approximate surface area is 205 Å². The Kier molecular flexibility index (Phi) is 6.29. The molecule has 4 nitrogen and oxygen atoms in total. The zero-order chi connectivity index (χ0) is 25.1. The van der Waals surface area contributed by atoms with Crippen molar-refractivity contribution < 1.29 is 18.0 Å². The molecule has 1 amide bonds. The second-order valence-electron chi connectivity index (χ2n) is 8.49. The Morgan fingerprint density at radius 1 is 0.861 bits per heavy atom. The smallest absolute Gasteiger partial charge is 0.358 e. The molecule has 0 aliphatic rings. The summed E-state index contributed by atoms with van der Waals surface area (Å²) in [6.07, 6.45) is -0.998. The Bertz CT molecular complexity index is 1510. The van der Waals surface area contributed by atoms with Gasteiger partial charge in [0.2, 0.25) is 0 Å². The summed E-state index contributed by atoms with van der Waals surface area (Å²) in [7, 11) is 0. The van der Waals surface area contributed by atoms with Gasteiger partial charge in [-0.2, -0.15) is 13.2 Å². The van der Waals surface area contributed by atoms with Crippen LogP contribution in [0.1, 0.15) is 27.3 Å². The zero-order valence-corrected chi connectivity index (χ0v) is 19.1. The van der Waals surface area contributed by atoms with E-state index in [2.05, 4.69) is 21.4 Å². The van der Waals surface area contributed by atoms with Crippen LogP contribution < -0.4 is 5.32 Å². The van der Waals surface area contributed by atoms with Gasteiger partial charge in [-0.25, -0.2) is 0 Å². The van der Waals surface area contributed by atoms with Gasteiger partial charge >= 0.3 is 6.18 Å². The van der Waals surface area contributed by atoms with Crippen molar-refractivity contribution in [2.75, 3.05) is 5.32 Å². The van der Waals surface area contributed by atoms with Gasteiger partial charge in [0, 0.05) is 39.7 Å². The average molecular weight is 486 g/mol. The molecular weight excluding hydrogens is 463 g/mol. The van der Waals surface area contributed by atoms with Crippen molar-refractivity contribution in [3.63, 3.8) is 0 Å². The van der Waals surface area contributed by atoms with Gasteiger partial charge in [0.15, 0.2) is 0 Å². The summed E-state index contributed by atoms with van der Waals surface area (Å²) in [4.78, 5) is 20.9. The predicted octanol–water partition coefficient (Wildman–Crippen LogP) is 7.29. The van der Waals surface area contributed by atoms with Gasteiger partial charge < -0.3 is 10.3 Å². The molecule has 0 aliphatic carbocycles. The van der Waals surface area contributed by atoms with Crippen LogP contribution in [0.2, 0.25) is 0 Å². The van der Waals surface area contributed by atoms with E-state index in [-0.39, 0.29) is 5.91 Å². The Morgan fingerprint density at radius 3 is 2.39 bits per heavy atom. The lowest BCUT2D eigenvalue weighted by Gasteiger charge is -2.12. The van der Waals surface area contributed by atoms with E-state index in [0.717, 1.165) is 47.3 Å². The molecule has 7 heteroatoms. The number of H-pyrrole nitrogens is 1. The third-order valence-electron chi connectivity index (χ3n) is 6.01. The summed E-state index contributed by atoms with van der Waals surface area (Å²) in [5.41, 5.74) is 4.44. The van der Waals surface area contributed by atoms with Crippen molar-refractivity contribution in [1.82, 2.24) is 9.97 Å². The second-order valence-corrected chi connectivity index (χ2v) is 8.49. The van der Waals surface area contributed by atoms with E-state index >= 15 is 0 Å². The van der Waals surface area contributed by atoms with Crippen LogP contribution in [-0.4, -0.2) is 15.9 Å². The lowest BCUT2D eigenvalue weighted by Crippen LogP contribution is -2.13. The van der Waals surface area contributed by atoms with Gasteiger partial charge in [0.05, 0.1) is 5.56 Å². The van der Waals surface area contributed by atoms with E-state index in [1.54, 1.807) is 30.5 Å². The van der Waals surface area contributed by atoms with Gasteiger partial charge in [-0.1, -0.05) is 36.4 Å². The summed E-state index contributed by atoms with van der Waals surface area (Å²) < 4.78 is 38.8. The van der Waals surface area contributed by atoms with Gasteiger partial charge in [-0.15, -0.1) is 0 Å². The number of hydrogen-bond donors (Lipinski definition) is 2. The van der Waals surface area contributed by atoms with Gasteiger partial charge in [-0.3, -0.25) is 9.78 Å². The number of carbonyl (C=O) groups excluding carboxylic acids is 1. The number of carbonyl (C=O) groups is 1. The Morgan fingerprint density at radius 2 is 1.64 bits per heavy atom. The number of fused-ring (bicyclic) bond motifs is 1. The number of pyridine rings is 1. The molecule has 2 aromatic heterocycles. The van der Waals surface area contributed by atoms with Crippen LogP contribution in [0.5, 0.6) is 0 Å². The van der Waals surface area contributed by atoms with E-state index in [1.165, 1.54) is 12.1 Å². The van der Waals surface area contributed by atoms with Gasteiger partial charge in [0.25, 0.3) is 5.91 Å². The van der Waals surface area contributed by atoms with E-state index in [9.17, 15) is 18.0 Å². The minimum Gasteiger partial charge on any atom is -0.358 e. The summed E-state index contributed by atoms with van der Waals surface area (Å²) >= 11 is 0. The molecule has 0 saturated heterocycles. The van der Waals surface area contributed by atoms with E-state index in [1.807, 2.05) is 36.4 Å². The predicted molar refractivity (Wildman–Crippen MR) is 135 cm³/mol. The maximum Gasteiger partial charge on any atom is 0.416 e. The van der Waals surface area contributed by atoms with Crippen molar-refractivity contribution in [3.8, 4) is 11.1 Å². The molecule has 180 valence electrons. The number of aryl methyl sites for hydroxylation is 2. The number of nitrogens with one attached hydrogen (secondary N) is 2. The first-order valence-corrected chi connectivity index (χ1v) is 11.5. The number of hydrogen-bond acceptors (Lipinski definition) is 2. The molecule has 0 unspecified atom stereocenters. The summed E-state index contributed by atoms with van der Waals surface area (Å²) in [6, 6.07) is 25.2. The molecule has 0 spiro atoms. The monoisotopic (exact) mass is 485 g/mol. The molecule has 2 N–H and O–H groups in total. The lowest BCUT2D eigenvalue weighted by atomic mass is 9.98. The molecule has 36 heavy (non-hydrogen) atoms. The van der Waals surface area contributed by atoms with Crippen LogP contribution >= 0.6 is 0 Å². The fourth-order valence-electron chi connectivity index (χ4n) is 4.18. The number of aromatic amines is 1. The molecule has 0 saturated carbocycles. The highest BCUT2D eigenvalue weighted by Gasteiger charge is 2.30. The first-order valence-electron chi connectivity index (χ1n) is 11.5. The molecule has 0 bridgehead atoms. The second kappa shape index (κ2) is 9.70. The van der Waals surface area contributed by atoms with Crippen molar-refractivity contribution in [2.45, 2.75) is 19.0 Å². The molecule has 0 aliphatic heterocycles. The van der Waals surface area contributed by atoms with E-state index < -0.39 is 11.7 Å². The molecule has 5 aromatic rings. The largest absolute Gasteiger partial charge is 0.416 e. The standard InChI is InChI=1S/C29H22F3N3O/c30-29(31,32)21-10-8-19(9-11-21)25-6-1-2-7-26(25)28(36)35-24-14-15-27-20(18-24)17-23(34-27)13-12-22-5-3-4-16-33-22/h1-11,14-18,34H,12-13H2,(H,35,36). The van der Waals surface area contributed by atoms with Crippen LogP contribution in [0.3, 0.4) is 0 Å². The minimum atomic E-state index is -4.41. The van der Waals surface area contributed by atoms with Crippen LogP contribution in [0, 0.1) is 0 Å². The van der Waals surface area contributed by atoms with E-state index in [4.69, 9.17) is 0 Å². The highest BCUT2D eigenvalue weighted by molar-refractivity contribution is 6.09. The number of halogens is 3. The fourth-order valence-corrected chi connectivity index (χ4v) is 4.18. The third-order valence-corrected chi connectivity index (χ3v) is 6.01. The van der Waals surface area contributed by atoms with Crippen LogP contribution in [0.15, 0.2) is 97.2 Å². The number of nitrogens with zero attached hydrogens (tertiary/aromatic N) is 1. The lowest BCUT2D eigenvalue weighted by molar-refractivity contribution is -0.137. The Balaban J connectivity index is 1.33. The zero-order valence-electron chi connectivity index (χ0n) is 19.1. The number of benzene rings is 3. The SMILES string of the molecule is O=C(Nc1ccc2[nH]c(CCc3ccccn3)cc2c1)c1ccccc1-c1ccc(C(F)(F)F)cc1. The number of anilines is 1. The summed E-state index contributed by atoms with van der Waals surface area (Å²) in [5, 5.41) is 3.89. The molecule has 3 aromatic carbocycles. The maximum atomic E-state index is 13.1. The van der Waals surface area contributed by atoms with Crippen LogP contribution in [0.4, 0.5) is 18.9 Å². The van der Waals surface area contributed by atoms with E-state index in [0.29, 0.717) is 22.4 Å². The first-order chi connectivity index (χ1) is 17.4. The number of amides is 1. The normalized spacial score (nSPS) is 11.5. The third kappa shape index (κ3) is 5.15. The first kappa shape index (κ1) is 23.4. The van der Waals surface area contributed by atoms with Gasteiger partial charge in [0.1, 0.15) is 0 Å². The molecule has 2 heterocycles. The summed E-state index contributed by atoms with van der Waals surface area (Å²) in [6.45, 7) is 0. The van der Waals surface area contributed by atoms with Crippen molar-refractivity contribution in [1.29, 1.82) is 0 Å². The Hall–Kier alpha value is -4.39. The molecular formula is C29H22F3N3O. The number of aromatic nitrogens is 2. The van der Waals surface area contributed by atoms with Crippen molar-refractivity contribution in [3.05, 3.63) is 120 Å². The molecule has 0 atom stereocenters. The topological polar surface area (TPSA) is 57.8 Å². The average Bonchev–Trinajstić information content (AvgIpc) is 3.30. The molecule has 0 radical (unpaired) electrons. The minimum absolute atomic E-state index is 0.337. The number of alkyl halides is 3. The highest BCUT2D eigenvalue weighted by atomic mass is 19.4. The highest BCUT2D eigenvalue weighted by Crippen LogP contribution is 2.32. The van der Waals surface area contributed by atoms with Crippen molar-refractivity contribution >= 4 is 22.5 Å². The van der Waals surface area contributed by atoms with Crippen molar-refractivity contribution in [2.24, 2.45) is 0 Å². The van der Waals surface area contributed by atoms with Crippen LogP contribution in [0.25, 0.3) is 22.0 Å².